The molecule has 4 atom stereocenters. The third-order valence-electron chi connectivity index (χ3n) is 9.05. The molecule has 308 valence electrons. The van der Waals surface area contributed by atoms with Gasteiger partial charge < -0.3 is 30.7 Å². The maximum Gasteiger partial charge on any atom is 0.412 e. The summed E-state index contributed by atoms with van der Waals surface area (Å²) in [5.74, 6) is 0.895. The van der Waals surface area contributed by atoms with Crippen LogP contribution in [0.15, 0.2) is 147 Å². The van der Waals surface area contributed by atoms with Crippen molar-refractivity contribution in [3.8, 4) is 11.5 Å². The van der Waals surface area contributed by atoms with Crippen LogP contribution in [0.25, 0.3) is 0 Å². The molecule has 0 aliphatic rings. The summed E-state index contributed by atoms with van der Waals surface area (Å²) in [5, 5.41) is 12.1. The lowest BCUT2D eigenvalue weighted by atomic mass is 10.1. The van der Waals surface area contributed by atoms with Crippen molar-refractivity contribution < 1.29 is 19.4 Å². The summed E-state index contributed by atoms with van der Waals surface area (Å²) >= 11 is 0. The van der Waals surface area contributed by atoms with Crippen molar-refractivity contribution >= 4 is 12.1 Å². The number of phenolic OH excluding ortho intramolecular Hbond substituents is 1. The van der Waals surface area contributed by atoms with Crippen molar-refractivity contribution in [2.24, 2.45) is 5.73 Å². The van der Waals surface area contributed by atoms with Gasteiger partial charge in [-0.05, 0) is 115 Å². The van der Waals surface area contributed by atoms with Crippen LogP contribution in [0, 0.1) is 0 Å². The van der Waals surface area contributed by atoms with E-state index in [1.54, 1.807) is 43.0 Å². The second-order valence-electron chi connectivity index (χ2n) is 14.5. The number of aromatic nitrogens is 4. The summed E-state index contributed by atoms with van der Waals surface area (Å²) in [4.78, 5) is 35.2. The number of amides is 1. The van der Waals surface area contributed by atoms with Crippen LogP contribution in [0.2, 0.25) is 0 Å². The number of nitrogens with two attached hydrogens (primary N) is 1. The summed E-state index contributed by atoms with van der Waals surface area (Å²) in [6, 6.07) is 36.1. The van der Waals surface area contributed by atoms with Crippen LogP contribution < -0.4 is 15.8 Å². The fourth-order valence-corrected chi connectivity index (χ4v) is 5.44. The average Bonchev–Trinajstić information content (AvgIpc) is 3.95. The van der Waals surface area contributed by atoms with E-state index in [4.69, 9.17) is 10.5 Å². The van der Waals surface area contributed by atoms with Crippen LogP contribution >= 0.6 is 0 Å². The molecule has 0 fully saturated rings. The Morgan fingerprint density at radius 2 is 1.17 bits per heavy atom. The molecule has 6 aromatic rings. The monoisotopic (exact) mass is 788 g/mol. The molecule has 0 bridgehead atoms. The fraction of sp³-hybridized carbons (Fsp3) is 0.304. The number of imidazole rings is 2. The molecule has 2 aromatic heterocycles. The zero-order valence-electron chi connectivity index (χ0n) is 35.0. The Bertz CT molecular complexity index is 1980. The number of rotatable bonds is 10. The van der Waals surface area contributed by atoms with Gasteiger partial charge in [0.15, 0.2) is 0 Å². The summed E-state index contributed by atoms with van der Waals surface area (Å²) in [5.41, 5.74) is 10.4. The fourth-order valence-electron chi connectivity index (χ4n) is 5.44. The molecule has 0 spiro atoms. The lowest BCUT2D eigenvalue weighted by Crippen LogP contribution is -2.36. The number of nitrogens with zero attached hydrogens (tertiary/aromatic N) is 6. The normalized spacial score (nSPS) is 12.6. The Morgan fingerprint density at radius 1 is 0.690 bits per heavy atom. The minimum Gasteiger partial charge on any atom is -0.508 e. The van der Waals surface area contributed by atoms with E-state index >= 15 is 0 Å². The van der Waals surface area contributed by atoms with Crippen molar-refractivity contribution in [3.05, 3.63) is 169 Å². The zero-order chi connectivity index (χ0) is 42.5. The molecule has 4 N–H and O–H groups in total. The van der Waals surface area contributed by atoms with Gasteiger partial charge in [0.05, 0.1) is 0 Å². The minimum absolute atomic E-state index is 0.00350. The molecule has 12 heteroatoms. The van der Waals surface area contributed by atoms with E-state index in [0.29, 0.717) is 17.5 Å². The number of ether oxygens (including phenoxy) is 1. The van der Waals surface area contributed by atoms with Gasteiger partial charge in [-0.2, -0.15) is 0 Å². The van der Waals surface area contributed by atoms with Crippen LogP contribution in [0.1, 0.15) is 62.0 Å². The molecule has 1 amide bonds. The highest BCUT2D eigenvalue weighted by molar-refractivity contribution is 5.78. The number of benzene rings is 4. The molecule has 6 rings (SSSR count). The predicted molar refractivity (Wildman–Crippen MR) is 232 cm³/mol. The predicted octanol–water partition coefficient (Wildman–Crippen LogP) is 8.22. The van der Waals surface area contributed by atoms with E-state index in [9.17, 15) is 14.7 Å². The lowest BCUT2D eigenvalue weighted by Gasteiger charge is -2.20. The summed E-state index contributed by atoms with van der Waals surface area (Å²) in [6.07, 6.45) is 10.5. The smallest absolute Gasteiger partial charge is 0.412 e. The molecule has 2 heterocycles. The lowest BCUT2D eigenvalue weighted by molar-refractivity contribution is 0.196. The molecule has 12 nitrogen and oxygen atoms in total. The Labute approximate surface area is 343 Å². The van der Waals surface area contributed by atoms with E-state index in [1.807, 2.05) is 109 Å². The Hall–Kier alpha value is -6.08. The molecule has 0 unspecified atom stereocenters. The third-order valence-corrected chi connectivity index (χ3v) is 9.05. The third kappa shape index (κ3) is 17.0. The first-order chi connectivity index (χ1) is 27.7. The maximum atomic E-state index is 12.1. The highest BCUT2D eigenvalue weighted by Gasteiger charge is 2.13. The first-order valence-electron chi connectivity index (χ1n) is 19.3. The van der Waals surface area contributed by atoms with E-state index < -0.39 is 6.09 Å². The van der Waals surface area contributed by atoms with Crippen LogP contribution in [0.3, 0.4) is 0 Å². The second kappa shape index (κ2) is 24.5. The highest BCUT2D eigenvalue weighted by Crippen LogP contribution is 2.23. The molecule has 0 radical (unpaired) electrons. The number of phenols is 1. The zero-order valence-corrected chi connectivity index (χ0v) is 35.0. The first kappa shape index (κ1) is 46.3. The van der Waals surface area contributed by atoms with Gasteiger partial charge in [0.25, 0.3) is 0 Å². The van der Waals surface area contributed by atoms with Crippen LogP contribution in [-0.4, -0.2) is 86.4 Å². The summed E-state index contributed by atoms with van der Waals surface area (Å²) in [7, 11) is 8.09. The maximum absolute atomic E-state index is 12.1. The largest absolute Gasteiger partial charge is 0.508 e. The first-order valence-corrected chi connectivity index (χ1v) is 19.3. The topological polar surface area (TPSA) is 144 Å². The average molecular weight is 789 g/mol. The van der Waals surface area contributed by atoms with Gasteiger partial charge >= 0.3 is 12.1 Å². The van der Waals surface area contributed by atoms with E-state index in [2.05, 4.69) is 63.2 Å². The molecular weight excluding hydrogens is 729 g/mol. The van der Waals surface area contributed by atoms with E-state index in [-0.39, 0.29) is 24.2 Å². The van der Waals surface area contributed by atoms with E-state index in [0.717, 1.165) is 24.0 Å². The van der Waals surface area contributed by atoms with Crippen LogP contribution in [0.5, 0.6) is 11.5 Å². The number of carbonyl (C=O) groups excluding carboxylic acids is 2. The van der Waals surface area contributed by atoms with Crippen molar-refractivity contribution in [2.75, 3.05) is 28.2 Å². The Kier molecular flexibility index (Phi) is 19.6. The van der Waals surface area contributed by atoms with Gasteiger partial charge in [-0.25, -0.2) is 19.6 Å². The second-order valence-corrected chi connectivity index (χ2v) is 14.5. The Morgan fingerprint density at radius 3 is 1.62 bits per heavy atom. The molecule has 4 aromatic carbocycles. The van der Waals surface area contributed by atoms with Crippen LogP contribution in [-0.2, 0) is 12.8 Å². The van der Waals surface area contributed by atoms with E-state index in [1.165, 1.54) is 32.9 Å². The number of carbonyl (C=O) groups is 2. The molecule has 0 saturated heterocycles. The van der Waals surface area contributed by atoms with Gasteiger partial charge in [-0.15, -0.1) is 0 Å². The molecular formula is C46H60N8O4. The summed E-state index contributed by atoms with van der Waals surface area (Å²) in [6.45, 7) is 8.21. The summed E-state index contributed by atoms with van der Waals surface area (Å²) < 4.78 is 8.18. The number of nitrogens with one attached hydrogen (secondary N) is 1. The van der Waals surface area contributed by atoms with Gasteiger partial charge in [0, 0.05) is 49.0 Å². The standard InChI is InChI=1S/C20H26N2O2.C10H15NO.C9H13N.C7H6N4O/c1-15(13-17-9-6-5-7-10-17)21-20(23)24-19-12-8-11-18(14-19)16(2)22(3)4;1-8(11(2)3)9-5-4-6-10(12)7-9;1-8(10)7-9-5-3-2-4-6-9;12-7(10-3-1-8-5-10)11-4-2-9-6-11/h5-12,14-16H,13H2,1-4H3,(H,21,23);4-8,12H,1-3H3;2-6,8H,7,10H2,1H3;1-6H/t15-,16+;2*8-;/m101./s1. The molecule has 0 aliphatic carbocycles. The van der Waals surface area contributed by atoms with Crippen LogP contribution in [0.4, 0.5) is 9.59 Å². The number of hydrogen-bond acceptors (Lipinski definition) is 9. The SMILES string of the molecule is C[C@@H](N)Cc1ccccc1.C[C@@H](c1cccc(O)c1)N(C)C.C[C@H](Cc1ccccc1)NC(=O)Oc1cccc([C@H](C)N(C)C)c1.O=C(n1ccnc1)n1ccnc1. The molecule has 0 saturated carbocycles. The van der Waals surface area contributed by atoms with Crippen molar-refractivity contribution in [2.45, 2.75) is 64.7 Å². The van der Waals surface area contributed by atoms with Gasteiger partial charge in [-0.3, -0.25) is 9.13 Å². The Balaban J connectivity index is 0.000000223. The van der Waals surface area contributed by atoms with Crippen molar-refractivity contribution in [1.29, 1.82) is 0 Å². The quantitative estimate of drug-likeness (QED) is 0.125. The number of hydrogen-bond donors (Lipinski definition) is 3. The van der Waals surface area contributed by atoms with Crippen molar-refractivity contribution in [1.82, 2.24) is 34.2 Å². The minimum atomic E-state index is -0.423. The van der Waals surface area contributed by atoms with Gasteiger partial charge in [0.1, 0.15) is 24.2 Å². The van der Waals surface area contributed by atoms with Gasteiger partial charge in [-0.1, -0.05) is 84.9 Å². The molecule has 58 heavy (non-hydrogen) atoms. The number of aromatic hydroxyl groups is 1. The van der Waals surface area contributed by atoms with Crippen molar-refractivity contribution in [3.63, 3.8) is 0 Å². The van der Waals surface area contributed by atoms with Gasteiger partial charge in [0.2, 0.25) is 0 Å². The molecule has 0 aliphatic heterocycles. The highest BCUT2D eigenvalue weighted by atomic mass is 16.6.